The molecular weight excluding hydrogens is 677 g/mol. The molecule has 10 aromatic rings. The molecular formula is C54H38N2. The van der Waals surface area contributed by atoms with Crippen LogP contribution in [0.4, 0.5) is 17.1 Å². The van der Waals surface area contributed by atoms with Gasteiger partial charge in [0.05, 0.1) is 16.7 Å². The zero-order chi connectivity index (χ0) is 37.3. The minimum atomic E-state index is 1.08. The van der Waals surface area contributed by atoms with Crippen LogP contribution in [0.15, 0.2) is 231 Å². The Morgan fingerprint density at radius 1 is 0.304 bits per heavy atom. The second kappa shape index (κ2) is 14.4. The molecule has 0 unspecified atom stereocenters. The summed E-state index contributed by atoms with van der Waals surface area (Å²) in [5.41, 5.74) is 16.2. The Hall–Kier alpha value is -7.42. The number of aromatic nitrogens is 1. The highest BCUT2D eigenvalue weighted by molar-refractivity contribution is 6.16. The number of hydrogen-bond acceptors (Lipinski definition) is 1. The van der Waals surface area contributed by atoms with E-state index in [2.05, 4.69) is 240 Å². The van der Waals surface area contributed by atoms with E-state index in [0.29, 0.717) is 0 Å². The van der Waals surface area contributed by atoms with Gasteiger partial charge in [0.2, 0.25) is 0 Å². The van der Waals surface area contributed by atoms with Gasteiger partial charge >= 0.3 is 0 Å². The molecule has 1 heterocycles. The van der Waals surface area contributed by atoms with Crippen molar-refractivity contribution in [2.24, 2.45) is 0 Å². The highest BCUT2D eigenvalue weighted by Crippen LogP contribution is 2.47. The fraction of sp³-hybridized carbons (Fsp3) is 0. The predicted molar refractivity (Wildman–Crippen MR) is 237 cm³/mol. The van der Waals surface area contributed by atoms with Crippen LogP contribution in [0.3, 0.4) is 0 Å². The molecule has 0 fully saturated rings. The van der Waals surface area contributed by atoms with Crippen molar-refractivity contribution in [1.29, 1.82) is 0 Å². The number of anilines is 3. The Morgan fingerprint density at radius 2 is 0.804 bits per heavy atom. The second-order valence-electron chi connectivity index (χ2n) is 14.2. The normalized spacial score (nSPS) is 11.2. The summed E-state index contributed by atoms with van der Waals surface area (Å²) in [7, 11) is 0. The number of fused-ring (bicyclic) bond motifs is 3. The average Bonchev–Trinajstić information content (AvgIpc) is 3.63. The number of hydrogen-bond donors (Lipinski definition) is 0. The van der Waals surface area contributed by atoms with E-state index in [1.807, 2.05) is 0 Å². The summed E-state index contributed by atoms with van der Waals surface area (Å²) in [6.07, 6.45) is 0. The van der Waals surface area contributed by atoms with Gasteiger partial charge in [0, 0.05) is 27.8 Å². The van der Waals surface area contributed by atoms with E-state index in [9.17, 15) is 0 Å². The summed E-state index contributed by atoms with van der Waals surface area (Å²) in [6.45, 7) is 0. The molecule has 2 heteroatoms. The Bertz CT molecular complexity index is 2880. The Kier molecular flexibility index (Phi) is 8.55. The Balaban J connectivity index is 1.30. The third-order valence-corrected chi connectivity index (χ3v) is 10.8. The van der Waals surface area contributed by atoms with Crippen molar-refractivity contribution < 1.29 is 0 Å². The summed E-state index contributed by atoms with van der Waals surface area (Å²) in [4.78, 5) is 2.48. The van der Waals surface area contributed by atoms with E-state index in [1.54, 1.807) is 0 Å². The van der Waals surface area contributed by atoms with Crippen LogP contribution in [-0.4, -0.2) is 4.57 Å². The molecule has 0 spiro atoms. The van der Waals surface area contributed by atoms with Crippen LogP contribution in [0.5, 0.6) is 0 Å². The van der Waals surface area contributed by atoms with E-state index in [1.165, 1.54) is 49.7 Å². The van der Waals surface area contributed by atoms with E-state index in [-0.39, 0.29) is 0 Å². The minimum Gasteiger partial charge on any atom is -0.310 e. The standard InChI is InChI=1S/C54H38N2/c1-6-19-39(20-7-1)43-35-44(40-21-8-2-9-22-40)37-47(36-43)55(46-33-34-48(41-23-10-3-11-24-41)50(38-46)42-25-12-4-13-26-42)52-31-18-32-53-54(52)49-29-16-17-30-51(49)56(53)45-27-14-5-15-28-45/h1-38H. The number of nitrogens with zero attached hydrogens (tertiary/aromatic N) is 2. The quantitative estimate of drug-likeness (QED) is 0.152. The lowest BCUT2D eigenvalue weighted by Gasteiger charge is -2.29. The lowest BCUT2D eigenvalue weighted by Crippen LogP contribution is -2.11. The van der Waals surface area contributed by atoms with Crippen molar-refractivity contribution in [3.8, 4) is 50.2 Å². The topological polar surface area (TPSA) is 8.17 Å². The third-order valence-electron chi connectivity index (χ3n) is 10.8. The molecule has 0 amide bonds. The molecule has 9 aromatic carbocycles. The molecule has 0 aliphatic heterocycles. The van der Waals surface area contributed by atoms with Gasteiger partial charge in [-0.15, -0.1) is 0 Å². The number of rotatable bonds is 8. The maximum Gasteiger partial charge on any atom is 0.0562 e. The molecule has 0 N–H and O–H groups in total. The molecule has 2 nitrogen and oxygen atoms in total. The van der Waals surface area contributed by atoms with E-state index < -0.39 is 0 Å². The molecule has 0 bridgehead atoms. The van der Waals surface area contributed by atoms with Crippen LogP contribution in [0.1, 0.15) is 0 Å². The van der Waals surface area contributed by atoms with Gasteiger partial charge in [-0.3, -0.25) is 0 Å². The van der Waals surface area contributed by atoms with Crippen LogP contribution >= 0.6 is 0 Å². The van der Waals surface area contributed by atoms with Gasteiger partial charge in [-0.25, -0.2) is 0 Å². The Labute approximate surface area is 327 Å². The molecule has 56 heavy (non-hydrogen) atoms. The smallest absolute Gasteiger partial charge is 0.0562 e. The number of para-hydroxylation sites is 2. The van der Waals surface area contributed by atoms with E-state index in [4.69, 9.17) is 0 Å². The van der Waals surface area contributed by atoms with Crippen LogP contribution < -0.4 is 4.90 Å². The van der Waals surface area contributed by atoms with Crippen molar-refractivity contribution in [2.75, 3.05) is 4.90 Å². The van der Waals surface area contributed by atoms with Gasteiger partial charge in [-0.05, 0) is 105 Å². The van der Waals surface area contributed by atoms with Gasteiger partial charge < -0.3 is 9.47 Å². The predicted octanol–water partition coefficient (Wildman–Crippen LogP) is 14.9. The lowest BCUT2D eigenvalue weighted by molar-refractivity contribution is 1.18. The van der Waals surface area contributed by atoms with Gasteiger partial charge in [0.1, 0.15) is 0 Å². The second-order valence-corrected chi connectivity index (χ2v) is 14.2. The maximum absolute atomic E-state index is 2.48. The average molecular weight is 715 g/mol. The van der Waals surface area contributed by atoms with Crippen LogP contribution in [0, 0.1) is 0 Å². The van der Waals surface area contributed by atoms with Crippen LogP contribution in [-0.2, 0) is 0 Å². The van der Waals surface area contributed by atoms with Gasteiger partial charge in [-0.1, -0.05) is 170 Å². The first-order chi connectivity index (χ1) is 27.8. The lowest BCUT2D eigenvalue weighted by atomic mass is 9.93. The largest absolute Gasteiger partial charge is 0.310 e. The first kappa shape index (κ1) is 33.2. The molecule has 0 saturated heterocycles. The van der Waals surface area contributed by atoms with E-state index >= 15 is 0 Å². The SMILES string of the molecule is c1ccc(-c2cc(-c3ccccc3)cc(N(c3ccc(-c4ccccc4)c(-c4ccccc4)c3)c3cccc4c3c3ccccc3n4-c3ccccc3)c2)cc1. The van der Waals surface area contributed by atoms with Gasteiger partial charge in [0.25, 0.3) is 0 Å². The first-order valence-corrected chi connectivity index (χ1v) is 19.2. The fourth-order valence-electron chi connectivity index (χ4n) is 8.20. The van der Waals surface area contributed by atoms with Crippen molar-refractivity contribution in [3.63, 3.8) is 0 Å². The highest BCUT2D eigenvalue weighted by atomic mass is 15.1. The van der Waals surface area contributed by atoms with Crippen molar-refractivity contribution in [2.45, 2.75) is 0 Å². The summed E-state index contributed by atoms with van der Waals surface area (Å²) >= 11 is 0. The van der Waals surface area contributed by atoms with Crippen molar-refractivity contribution in [3.05, 3.63) is 231 Å². The molecule has 1 aromatic heterocycles. The molecule has 0 radical (unpaired) electrons. The monoisotopic (exact) mass is 714 g/mol. The summed E-state index contributed by atoms with van der Waals surface area (Å²) < 4.78 is 2.40. The molecule has 264 valence electrons. The highest BCUT2D eigenvalue weighted by Gasteiger charge is 2.23. The molecule has 0 aliphatic rings. The van der Waals surface area contributed by atoms with Crippen molar-refractivity contribution >= 4 is 38.9 Å². The zero-order valence-corrected chi connectivity index (χ0v) is 30.8. The fourth-order valence-corrected chi connectivity index (χ4v) is 8.20. The van der Waals surface area contributed by atoms with Gasteiger partial charge in [0.15, 0.2) is 0 Å². The van der Waals surface area contributed by atoms with E-state index in [0.717, 1.165) is 39.4 Å². The maximum atomic E-state index is 2.48. The minimum absolute atomic E-state index is 1.08. The summed E-state index contributed by atoms with van der Waals surface area (Å²) in [5, 5.41) is 2.41. The van der Waals surface area contributed by atoms with Crippen LogP contribution in [0.25, 0.3) is 72.0 Å². The third kappa shape index (κ3) is 6.04. The Morgan fingerprint density at radius 3 is 1.41 bits per heavy atom. The summed E-state index contributed by atoms with van der Waals surface area (Å²) in [6, 6.07) is 83.2. The van der Waals surface area contributed by atoms with Crippen LogP contribution in [0.2, 0.25) is 0 Å². The van der Waals surface area contributed by atoms with Gasteiger partial charge in [-0.2, -0.15) is 0 Å². The first-order valence-electron chi connectivity index (χ1n) is 19.2. The molecule has 0 atom stereocenters. The molecule has 10 rings (SSSR count). The number of benzene rings is 9. The zero-order valence-electron chi connectivity index (χ0n) is 30.8. The molecule has 0 aliphatic carbocycles. The molecule has 0 saturated carbocycles. The summed E-state index contributed by atoms with van der Waals surface area (Å²) in [5.74, 6) is 0. The van der Waals surface area contributed by atoms with Crippen molar-refractivity contribution in [1.82, 2.24) is 4.57 Å².